The van der Waals surface area contributed by atoms with E-state index in [-0.39, 0.29) is 0 Å². The summed E-state index contributed by atoms with van der Waals surface area (Å²) < 4.78 is 0. The lowest BCUT2D eigenvalue weighted by molar-refractivity contribution is 0.316. The smallest absolute Gasteiger partial charge is 0.0570 e. The van der Waals surface area contributed by atoms with Crippen LogP contribution in [0.5, 0.6) is 0 Å². The van der Waals surface area contributed by atoms with Gasteiger partial charge in [-0.05, 0) is 19.3 Å². The number of nitrogens with zero attached hydrogens (tertiary/aromatic N) is 1. The summed E-state index contributed by atoms with van der Waals surface area (Å²) in [5.41, 5.74) is 0.948. The van der Waals surface area contributed by atoms with E-state index in [1.165, 1.54) is 6.42 Å². The fraction of sp³-hybridized carbons (Fsp3) is 0.875. The SMILES string of the molecule is CCCC/C(CCC)=N/O. The zero-order chi connectivity index (χ0) is 7.82. The van der Waals surface area contributed by atoms with Crippen molar-refractivity contribution in [2.45, 2.75) is 46.0 Å². The van der Waals surface area contributed by atoms with Gasteiger partial charge in [-0.3, -0.25) is 0 Å². The van der Waals surface area contributed by atoms with Gasteiger partial charge in [0.1, 0.15) is 0 Å². The van der Waals surface area contributed by atoms with E-state index in [9.17, 15) is 0 Å². The average molecular weight is 143 g/mol. The molecule has 2 heteroatoms. The number of rotatable bonds is 5. The lowest BCUT2D eigenvalue weighted by atomic mass is 10.1. The van der Waals surface area contributed by atoms with E-state index in [4.69, 9.17) is 5.21 Å². The first-order chi connectivity index (χ1) is 4.85. The first-order valence-corrected chi connectivity index (χ1v) is 4.04. The van der Waals surface area contributed by atoms with Crippen molar-refractivity contribution >= 4 is 5.71 Å². The monoisotopic (exact) mass is 143 g/mol. The molecule has 0 saturated heterocycles. The Morgan fingerprint density at radius 2 is 1.90 bits per heavy atom. The minimum atomic E-state index is 0.941. The molecule has 60 valence electrons. The van der Waals surface area contributed by atoms with Crippen molar-refractivity contribution in [1.82, 2.24) is 0 Å². The van der Waals surface area contributed by atoms with Gasteiger partial charge in [-0.2, -0.15) is 0 Å². The van der Waals surface area contributed by atoms with E-state index in [0.29, 0.717) is 0 Å². The van der Waals surface area contributed by atoms with Crippen molar-refractivity contribution in [2.75, 3.05) is 0 Å². The van der Waals surface area contributed by atoms with Crippen molar-refractivity contribution < 1.29 is 5.21 Å². The van der Waals surface area contributed by atoms with Crippen LogP contribution in [-0.4, -0.2) is 10.9 Å². The maximum Gasteiger partial charge on any atom is 0.0570 e. The van der Waals surface area contributed by atoms with Crippen molar-refractivity contribution in [1.29, 1.82) is 0 Å². The second-order valence-electron chi connectivity index (χ2n) is 2.52. The summed E-state index contributed by atoms with van der Waals surface area (Å²) in [6.07, 6.45) is 5.28. The Morgan fingerprint density at radius 3 is 2.30 bits per heavy atom. The molecule has 0 heterocycles. The van der Waals surface area contributed by atoms with Gasteiger partial charge in [-0.1, -0.05) is 31.8 Å². The van der Waals surface area contributed by atoms with Crippen LogP contribution >= 0.6 is 0 Å². The van der Waals surface area contributed by atoms with Crippen molar-refractivity contribution in [3.8, 4) is 0 Å². The van der Waals surface area contributed by atoms with E-state index in [2.05, 4.69) is 19.0 Å². The third-order valence-electron chi connectivity index (χ3n) is 1.50. The molecule has 0 aliphatic heterocycles. The Hall–Kier alpha value is -0.530. The Morgan fingerprint density at radius 1 is 1.20 bits per heavy atom. The molecule has 1 N–H and O–H groups in total. The maximum absolute atomic E-state index is 8.47. The highest BCUT2D eigenvalue weighted by atomic mass is 16.4. The first kappa shape index (κ1) is 9.47. The molecule has 0 radical (unpaired) electrons. The van der Waals surface area contributed by atoms with Crippen LogP contribution in [0, 0.1) is 0 Å². The molecule has 0 saturated carbocycles. The molecule has 0 amide bonds. The number of hydrogen-bond donors (Lipinski definition) is 1. The van der Waals surface area contributed by atoms with E-state index >= 15 is 0 Å². The third-order valence-corrected chi connectivity index (χ3v) is 1.50. The van der Waals surface area contributed by atoms with Gasteiger partial charge in [0.15, 0.2) is 0 Å². The molecular formula is C8H17NO. The molecule has 0 aliphatic carbocycles. The number of oxime groups is 1. The largest absolute Gasteiger partial charge is 0.411 e. The van der Waals surface area contributed by atoms with Crippen molar-refractivity contribution in [3.05, 3.63) is 0 Å². The Bertz CT molecular complexity index is 99.4. The summed E-state index contributed by atoms with van der Waals surface area (Å²) >= 11 is 0. The topological polar surface area (TPSA) is 32.6 Å². The minimum absolute atomic E-state index is 0.941. The van der Waals surface area contributed by atoms with Crippen LogP contribution < -0.4 is 0 Å². The summed E-state index contributed by atoms with van der Waals surface area (Å²) in [6.45, 7) is 4.23. The molecular weight excluding hydrogens is 126 g/mol. The predicted octanol–water partition coefficient (Wildman–Crippen LogP) is 2.81. The van der Waals surface area contributed by atoms with Gasteiger partial charge in [0.05, 0.1) is 5.71 Å². The maximum atomic E-state index is 8.47. The Balaban J connectivity index is 3.41. The van der Waals surface area contributed by atoms with E-state index in [1.807, 2.05) is 0 Å². The summed E-state index contributed by atoms with van der Waals surface area (Å²) in [4.78, 5) is 0. The molecule has 10 heavy (non-hydrogen) atoms. The fourth-order valence-corrected chi connectivity index (χ4v) is 0.894. The zero-order valence-electron chi connectivity index (χ0n) is 6.93. The molecule has 0 aromatic heterocycles. The van der Waals surface area contributed by atoms with Gasteiger partial charge in [0.2, 0.25) is 0 Å². The summed E-state index contributed by atoms with van der Waals surface area (Å²) in [6, 6.07) is 0. The zero-order valence-corrected chi connectivity index (χ0v) is 6.93. The van der Waals surface area contributed by atoms with Crippen LogP contribution in [-0.2, 0) is 0 Å². The van der Waals surface area contributed by atoms with Crippen molar-refractivity contribution in [2.24, 2.45) is 5.16 Å². The van der Waals surface area contributed by atoms with E-state index < -0.39 is 0 Å². The van der Waals surface area contributed by atoms with Gasteiger partial charge in [-0.25, -0.2) is 0 Å². The normalized spacial score (nSPS) is 12.0. The summed E-state index contributed by atoms with van der Waals surface area (Å²) in [5, 5.41) is 11.7. The van der Waals surface area contributed by atoms with Crippen LogP contribution in [0.15, 0.2) is 5.16 Å². The van der Waals surface area contributed by atoms with Gasteiger partial charge >= 0.3 is 0 Å². The second kappa shape index (κ2) is 6.59. The van der Waals surface area contributed by atoms with Crippen LogP contribution in [0.2, 0.25) is 0 Å². The molecule has 0 unspecified atom stereocenters. The lowest BCUT2D eigenvalue weighted by Crippen LogP contribution is -1.96. The molecule has 0 aromatic carbocycles. The van der Waals surface area contributed by atoms with Crippen LogP contribution in [0.25, 0.3) is 0 Å². The molecule has 0 spiro atoms. The molecule has 0 aromatic rings. The highest BCUT2D eigenvalue weighted by Crippen LogP contribution is 2.02. The highest BCUT2D eigenvalue weighted by molar-refractivity contribution is 5.83. The summed E-state index contributed by atoms with van der Waals surface area (Å²) in [5.74, 6) is 0. The number of hydrogen-bond acceptors (Lipinski definition) is 2. The van der Waals surface area contributed by atoms with Gasteiger partial charge in [0.25, 0.3) is 0 Å². The van der Waals surface area contributed by atoms with Crippen LogP contribution in [0.3, 0.4) is 0 Å². The Kier molecular flexibility index (Phi) is 6.24. The Labute approximate surface area is 62.9 Å². The quantitative estimate of drug-likeness (QED) is 0.358. The highest BCUT2D eigenvalue weighted by Gasteiger charge is 1.96. The van der Waals surface area contributed by atoms with Crippen LogP contribution in [0.1, 0.15) is 46.0 Å². The second-order valence-corrected chi connectivity index (χ2v) is 2.52. The van der Waals surface area contributed by atoms with Gasteiger partial charge in [0, 0.05) is 0 Å². The van der Waals surface area contributed by atoms with E-state index in [0.717, 1.165) is 31.4 Å². The molecule has 0 rings (SSSR count). The van der Waals surface area contributed by atoms with Gasteiger partial charge in [-0.15, -0.1) is 0 Å². The third kappa shape index (κ3) is 4.36. The van der Waals surface area contributed by atoms with Gasteiger partial charge < -0.3 is 5.21 Å². The fourth-order valence-electron chi connectivity index (χ4n) is 0.894. The first-order valence-electron chi connectivity index (χ1n) is 4.04. The molecule has 2 nitrogen and oxygen atoms in total. The lowest BCUT2D eigenvalue weighted by Gasteiger charge is -1.99. The molecule has 0 bridgehead atoms. The average Bonchev–Trinajstić information content (AvgIpc) is 1.98. The summed E-state index contributed by atoms with van der Waals surface area (Å²) in [7, 11) is 0. The molecule has 0 atom stereocenters. The minimum Gasteiger partial charge on any atom is -0.411 e. The van der Waals surface area contributed by atoms with E-state index in [1.54, 1.807) is 0 Å². The molecule has 0 aliphatic rings. The standard InChI is InChI=1S/C8H17NO/c1-3-5-7-8(9-10)6-4-2/h10H,3-7H2,1-2H3/b9-8+. The molecule has 0 fully saturated rings. The predicted molar refractivity (Wildman–Crippen MR) is 43.7 cm³/mol. The van der Waals surface area contributed by atoms with Crippen molar-refractivity contribution in [3.63, 3.8) is 0 Å². The number of unbranched alkanes of at least 4 members (excludes halogenated alkanes) is 1. The van der Waals surface area contributed by atoms with Crippen LogP contribution in [0.4, 0.5) is 0 Å².